The number of amides is 2. The molecule has 2 amide bonds. The molecule has 1 heterocycles. The van der Waals surface area contributed by atoms with E-state index in [1.165, 1.54) is 5.56 Å². The number of carbonyl (C=O) groups is 2. The first-order valence-electron chi connectivity index (χ1n) is 9.63. The number of ether oxygens (including phenoxy) is 1. The van der Waals surface area contributed by atoms with Gasteiger partial charge in [0, 0.05) is 29.9 Å². The Balaban J connectivity index is 1.60. The number of carbonyl (C=O) groups excluding carboxylic acids is 2. The van der Waals surface area contributed by atoms with Crippen LogP contribution >= 0.6 is 12.2 Å². The molecule has 7 heteroatoms. The van der Waals surface area contributed by atoms with Crippen molar-refractivity contribution in [3.63, 3.8) is 0 Å². The minimum Gasteiger partial charge on any atom is -0.378 e. The van der Waals surface area contributed by atoms with Crippen LogP contribution in [0, 0.1) is 0 Å². The number of thiocarbonyl (C=S) groups is 1. The molecular weight excluding hydrogens is 386 g/mol. The fourth-order valence-electron chi connectivity index (χ4n) is 3.04. The summed E-state index contributed by atoms with van der Waals surface area (Å²) in [6, 6.07) is 14.5. The van der Waals surface area contributed by atoms with Crippen LogP contribution in [0.15, 0.2) is 48.5 Å². The number of rotatable bonds is 4. The van der Waals surface area contributed by atoms with Crippen molar-refractivity contribution < 1.29 is 14.3 Å². The van der Waals surface area contributed by atoms with Crippen LogP contribution in [0.3, 0.4) is 0 Å². The second-order valence-corrected chi connectivity index (χ2v) is 7.58. The summed E-state index contributed by atoms with van der Waals surface area (Å²) in [7, 11) is 0. The minimum atomic E-state index is -0.279. The molecule has 0 bridgehead atoms. The molecule has 3 rings (SSSR count). The van der Waals surface area contributed by atoms with Crippen LogP contribution < -0.4 is 10.6 Å². The van der Waals surface area contributed by atoms with Crippen molar-refractivity contribution in [3.8, 4) is 0 Å². The molecule has 0 atom stereocenters. The Morgan fingerprint density at radius 3 is 2.38 bits per heavy atom. The number of nitrogens with zero attached hydrogens (tertiary/aromatic N) is 1. The van der Waals surface area contributed by atoms with Gasteiger partial charge in [-0.1, -0.05) is 32.0 Å². The minimum absolute atomic E-state index is 0.0443. The van der Waals surface area contributed by atoms with E-state index >= 15 is 0 Å². The van der Waals surface area contributed by atoms with E-state index in [1.807, 2.05) is 12.1 Å². The molecule has 2 aromatic carbocycles. The number of morpholine rings is 1. The quantitative estimate of drug-likeness (QED) is 0.755. The van der Waals surface area contributed by atoms with Gasteiger partial charge >= 0.3 is 0 Å². The van der Waals surface area contributed by atoms with Crippen molar-refractivity contribution in [2.75, 3.05) is 31.6 Å². The number of hydrogen-bond donors (Lipinski definition) is 2. The molecule has 1 aliphatic heterocycles. The topological polar surface area (TPSA) is 70.7 Å². The third-order valence-corrected chi connectivity index (χ3v) is 4.94. The Kier molecular flexibility index (Phi) is 6.95. The zero-order valence-corrected chi connectivity index (χ0v) is 17.4. The van der Waals surface area contributed by atoms with Gasteiger partial charge in [-0.05, 0) is 54.0 Å². The molecule has 0 spiro atoms. The third-order valence-electron chi connectivity index (χ3n) is 4.73. The first-order chi connectivity index (χ1) is 13.9. The summed E-state index contributed by atoms with van der Waals surface area (Å²) in [5, 5.41) is 5.83. The maximum Gasteiger partial charge on any atom is 0.257 e. The predicted molar refractivity (Wildman–Crippen MR) is 117 cm³/mol. The highest BCUT2D eigenvalue weighted by Gasteiger charge is 2.18. The lowest BCUT2D eigenvalue weighted by Gasteiger charge is -2.27. The second kappa shape index (κ2) is 9.62. The van der Waals surface area contributed by atoms with Crippen molar-refractivity contribution >= 4 is 34.8 Å². The molecule has 0 aliphatic carbocycles. The number of hydrogen-bond acceptors (Lipinski definition) is 4. The van der Waals surface area contributed by atoms with Gasteiger partial charge in [0.2, 0.25) is 0 Å². The molecular formula is C22H25N3O3S. The SMILES string of the molecule is CC(C)c1ccc(C(=O)NC(=S)Nc2cccc(C(=O)N3CCOCC3)c2)cc1. The Labute approximate surface area is 176 Å². The summed E-state index contributed by atoms with van der Waals surface area (Å²) in [4.78, 5) is 26.8. The van der Waals surface area contributed by atoms with Crippen molar-refractivity contribution in [2.45, 2.75) is 19.8 Å². The fraction of sp³-hybridized carbons (Fsp3) is 0.318. The first-order valence-corrected chi connectivity index (χ1v) is 10.0. The monoisotopic (exact) mass is 411 g/mol. The number of benzene rings is 2. The predicted octanol–water partition coefficient (Wildman–Crippen LogP) is 3.41. The standard InChI is InChI=1S/C22H25N3O3S/c1-15(2)16-6-8-17(9-7-16)20(26)24-22(29)23-19-5-3-4-18(14-19)21(27)25-10-12-28-13-11-25/h3-9,14-15H,10-13H2,1-2H3,(H2,23,24,26,29). The van der Waals surface area contributed by atoms with Gasteiger partial charge in [0.15, 0.2) is 5.11 Å². The molecule has 2 aromatic rings. The Morgan fingerprint density at radius 2 is 1.72 bits per heavy atom. The smallest absolute Gasteiger partial charge is 0.257 e. The van der Waals surface area contributed by atoms with Gasteiger partial charge in [-0.3, -0.25) is 14.9 Å². The van der Waals surface area contributed by atoms with Gasteiger partial charge < -0.3 is 15.0 Å². The number of anilines is 1. The summed E-state index contributed by atoms with van der Waals surface area (Å²) >= 11 is 5.26. The second-order valence-electron chi connectivity index (χ2n) is 7.17. The van der Waals surface area contributed by atoms with Crippen LogP contribution in [-0.4, -0.2) is 48.1 Å². The number of nitrogens with one attached hydrogen (secondary N) is 2. The van der Waals surface area contributed by atoms with E-state index < -0.39 is 0 Å². The van der Waals surface area contributed by atoms with Gasteiger partial charge in [0.1, 0.15) is 0 Å². The lowest BCUT2D eigenvalue weighted by molar-refractivity contribution is 0.0303. The maximum atomic E-state index is 12.6. The first kappa shape index (κ1) is 21.0. The van der Waals surface area contributed by atoms with Crippen LogP contribution in [0.1, 0.15) is 46.0 Å². The summed E-state index contributed by atoms with van der Waals surface area (Å²) in [5.41, 5.74) is 2.92. The molecule has 29 heavy (non-hydrogen) atoms. The van der Waals surface area contributed by atoms with Gasteiger partial charge in [-0.25, -0.2) is 0 Å². The van der Waals surface area contributed by atoms with E-state index in [4.69, 9.17) is 17.0 Å². The van der Waals surface area contributed by atoms with Gasteiger partial charge in [-0.15, -0.1) is 0 Å². The zero-order chi connectivity index (χ0) is 20.8. The Hall–Kier alpha value is -2.77. The maximum absolute atomic E-state index is 12.6. The highest BCUT2D eigenvalue weighted by atomic mass is 32.1. The molecule has 1 saturated heterocycles. The lowest BCUT2D eigenvalue weighted by atomic mass is 10.0. The summed E-state index contributed by atoms with van der Waals surface area (Å²) < 4.78 is 5.29. The average Bonchev–Trinajstić information content (AvgIpc) is 2.74. The highest BCUT2D eigenvalue weighted by molar-refractivity contribution is 7.80. The van der Waals surface area contributed by atoms with Gasteiger partial charge in [0.05, 0.1) is 13.2 Å². The van der Waals surface area contributed by atoms with Crippen LogP contribution in [0.4, 0.5) is 5.69 Å². The molecule has 1 aliphatic rings. The normalized spacial score (nSPS) is 13.8. The van der Waals surface area contributed by atoms with E-state index in [9.17, 15) is 9.59 Å². The third kappa shape index (κ3) is 5.62. The summed E-state index contributed by atoms with van der Waals surface area (Å²) in [6.45, 7) is 6.48. The van der Waals surface area contributed by atoms with Crippen molar-refractivity contribution in [1.29, 1.82) is 0 Å². The molecule has 0 unspecified atom stereocenters. The van der Waals surface area contributed by atoms with Crippen LogP contribution in [0.2, 0.25) is 0 Å². The molecule has 0 radical (unpaired) electrons. The summed E-state index contributed by atoms with van der Waals surface area (Å²) in [6.07, 6.45) is 0. The molecule has 1 fully saturated rings. The molecule has 6 nitrogen and oxygen atoms in total. The van der Waals surface area contributed by atoms with E-state index in [-0.39, 0.29) is 16.9 Å². The van der Waals surface area contributed by atoms with Crippen LogP contribution in [0.25, 0.3) is 0 Å². The summed E-state index contributed by atoms with van der Waals surface area (Å²) in [5.74, 6) is 0.0813. The molecule has 152 valence electrons. The average molecular weight is 412 g/mol. The molecule has 2 N–H and O–H groups in total. The zero-order valence-electron chi connectivity index (χ0n) is 16.6. The largest absolute Gasteiger partial charge is 0.378 e. The van der Waals surface area contributed by atoms with Crippen LogP contribution in [-0.2, 0) is 4.74 Å². The van der Waals surface area contributed by atoms with Gasteiger partial charge in [0.25, 0.3) is 11.8 Å². The van der Waals surface area contributed by atoms with Crippen molar-refractivity contribution in [1.82, 2.24) is 10.2 Å². The lowest BCUT2D eigenvalue weighted by Crippen LogP contribution is -2.40. The van der Waals surface area contributed by atoms with E-state index in [0.29, 0.717) is 49.0 Å². The molecule has 0 aromatic heterocycles. The highest BCUT2D eigenvalue weighted by Crippen LogP contribution is 2.16. The van der Waals surface area contributed by atoms with Crippen molar-refractivity contribution in [3.05, 3.63) is 65.2 Å². The Morgan fingerprint density at radius 1 is 1.03 bits per heavy atom. The van der Waals surface area contributed by atoms with E-state index in [0.717, 1.165) is 0 Å². The van der Waals surface area contributed by atoms with E-state index in [1.54, 1.807) is 41.3 Å². The van der Waals surface area contributed by atoms with Crippen LogP contribution in [0.5, 0.6) is 0 Å². The van der Waals surface area contributed by atoms with Crippen molar-refractivity contribution in [2.24, 2.45) is 0 Å². The van der Waals surface area contributed by atoms with E-state index in [2.05, 4.69) is 24.5 Å². The molecule has 0 saturated carbocycles. The Bertz CT molecular complexity index is 890. The van der Waals surface area contributed by atoms with Gasteiger partial charge in [-0.2, -0.15) is 0 Å². The fourth-order valence-corrected chi connectivity index (χ4v) is 3.25.